The van der Waals surface area contributed by atoms with Gasteiger partial charge < -0.3 is 15.4 Å². The first-order valence-corrected chi connectivity index (χ1v) is 4.25. The van der Waals surface area contributed by atoms with Gasteiger partial charge >= 0.3 is 6.18 Å². The summed E-state index contributed by atoms with van der Waals surface area (Å²) < 4.78 is 38.8. The molecule has 0 bridgehead atoms. The lowest BCUT2D eigenvalue weighted by atomic mass is 9.99. The number of nitrogens with zero attached hydrogens (tertiary/aromatic N) is 2. The Labute approximate surface area is 84.5 Å². The molecule has 0 radical (unpaired) electrons. The van der Waals surface area contributed by atoms with Gasteiger partial charge in [0.25, 0.3) is 0 Å². The first-order valence-electron chi connectivity index (χ1n) is 4.25. The zero-order valence-electron chi connectivity index (χ0n) is 8.12. The fourth-order valence-electron chi connectivity index (χ4n) is 1.12. The monoisotopic (exact) mass is 223 g/mol. The lowest BCUT2D eigenvalue weighted by Gasteiger charge is -2.28. The highest BCUT2D eigenvalue weighted by Gasteiger charge is 2.53. The van der Waals surface area contributed by atoms with Crippen molar-refractivity contribution in [1.82, 2.24) is 9.55 Å². The average molecular weight is 223 g/mol. The van der Waals surface area contributed by atoms with Crippen LogP contribution in [0.15, 0.2) is 12.4 Å². The van der Waals surface area contributed by atoms with Crippen molar-refractivity contribution in [3.63, 3.8) is 0 Å². The highest BCUT2D eigenvalue weighted by molar-refractivity contribution is 5.01. The maximum Gasteiger partial charge on any atom is 0.418 e. The zero-order valence-corrected chi connectivity index (χ0v) is 8.12. The fourth-order valence-corrected chi connectivity index (χ4v) is 1.12. The Bertz CT molecular complexity index is 336. The van der Waals surface area contributed by atoms with Crippen LogP contribution in [-0.2, 0) is 13.5 Å². The molecule has 1 atom stereocenters. The second-order valence-electron chi connectivity index (χ2n) is 3.36. The number of hydrogen-bond acceptors (Lipinski definition) is 3. The molecule has 3 N–H and O–H groups in total. The van der Waals surface area contributed by atoms with Crippen LogP contribution in [-0.4, -0.2) is 33.0 Å². The van der Waals surface area contributed by atoms with Gasteiger partial charge in [0.2, 0.25) is 0 Å². The molecular weight excluding hydrogens is 211 g/mol. The minimum absolute atomic E-state index is 0.139. The number of hydrogen-bond donors (Lipinski definition) is 2. The van der Waals surface area contributed by atoms with E-state index in [1.54, 1.807) is 7.05 Å². The molecule has 1 heterocycles. The van der Waals surface area contributed by atoms with Crippen molar-refractivity contribution in [2.24, 2.45) is 12.8 Å². The van der Waals surface area contributed by atoms with E-state index in [1.165, 1.54) is 17.0 Å². The lowest BCUT2D eigenvalue weighted by molar-refractivity contribution is -0.255. The summed E-state index contributed by atoms with van der Waals surface area (Å²) in [5, 5.41) is 9.35. The molecule has 0 aliphatic rings. The molecule has 0 spiro atoms. The minimum atomic E-state index is -4.76. The number of aryl methyl sites for hydroxylation is 1. The van der Waals surface area contributed by atoms with Gasteiger partial charge in [-0.3, -0.25) is 0 Å². The van der Waals surface area contributed by atoms with Gasteiger partial charge in [-0.1, -0.05) is 0 Å². The van der Waals surface area contributed by atoms with Gasteiger partial charge in [-0.25, -0.2) is 4.98 Å². The van der Waals surface area contributed by atoms with E-state index in [0.717, 1.165) is 0 Å². The van der Waals surface area contributed by atoms with Crippen molar-refractivity contribution in [3.05, 3.63) is 18.2 Å². The van der Waals surface area contributed by atoms with E-state index in [1.807, 2.05) is 0 Å². The van der Waals surface area contributed by atoms with Crippen LogP contribution in [0.25, 0.3) is 0 Å². The van der Waals surface area contributed by atoms with E-state index in [9.17, 15) is 18.3 Å². The maximum absolute atomic E-state index is 12.5. The maximum atomic E-state index is 12.5. The predicted molar refractivity (Wildman–Crippen MR) is 47.0 cm³/mol. The molecule has 0 aliphatic carbocycles. The molecule has 0 aliphatic heterocycles. The number of aliphatic hydroxyl groups is 1. The number of nitrogens with two attached hydrogens (primary N) is 1. The van der Waals surface area contributed by atoms with Crippen LogP contribution >= 0.6 is 0 Å². The van der Waals surface area contributed by atoms with E-state index in [-0.39, 0.29) is 5.82 Å². The summed E-state index contributed by atoms with van der Waals surface area (Å²) in [6, 6.07) is 0. The highest BCUT2D eigenvalue weighted by atomic mass is 19.4. The highest BCUT2D eigenvalue weighted by Crippen LogP contribution is 2.31. The summed E-state index contributed by atoms with van der Waals surface area (Å²) in [6.07, 6.45) is -2.53. The average Bonchev–Trinajstić information content (AvgIpc) is 2.50. The van der Waals surface area contributed by atoms with Crippen LogP contribution in [0, 0.1) is 0 Å². The number of rotatable bonds is 3. The molecule has 0 aromatic carbocycles. The molecule has 86 valence electrons. The van der Waals surface area contributed by atoms with Gasteiger partial charge in [-0.05, 0) is 0 Å². The zero-order chi connectivity index (χ0) is 11.7. The van der Waals surface area contributed by atoms with Crippen LogP contribution in [0.4, 0.5) is 13.2 Å². The molecule has 1 unspecified atom stereocenters. The summed E-state index contributed by atoms with van der Waals surface area (Å²) in [5.74, 6) is 0.139. The summed E-state index contributed by atoms with van der Waals surface area (Å²) in [6.45, 7) is -0.886. The molecule has 0 amide bonds. The van der Waals surface area contributed by atoms with E-state index in [2.05, 4.69) is 4.98 Å². The molecule has 1 aromatic heterocycles. The molecule has 4 nitrogen and oxygen atoms in total. The molecule has 7 heteroatoms. The number of aromatic nitrogens is 2. The van der Waals surface area contributed by atoms with Crippen molar-refractivity contribution >= 4 is 0 Å². The van der Waals surface area contributed by atoms with Crippen molar-refractivity contribution in [2.45, 2.75) is 18.2 Å². The van der Waals surface area contributed by atoms with E-state index in [0.29, 0.717) is 0 Å². The first-order chi connectivity index (χ1) is 6.80. The lowest BCUT2D eigenvalue weighted by Crippen LogP contribution is -2.53. The smallest absolute Gasteiger partial charge is 0.379 e. The molecular formula is C8H12F3N3O. The van der Waals surface area contributed by atoms with Crippen LogP contribution in [0.3, 0.4) is 0 Å². The number of imidazole rings is 1. The second kappa shape index (κ2) is 3.82. The van der Waals surface area contributed by atoms with Crippen LogP contribution in [0.5, 0.6) is 0 Å². The van der Waals surface area contributed by atoms with Gasteiger partial charge in [0, 0.05) is 32.4 Å². The summed E-state index contributed by atoms with van der Waals surface area (Å²) in [4.78, 5) is 3.71. The van der Waals surface area contributed by atoms with Gasteiger partial charge in [0.15, 0.2) is 5.60 Å². The third kappa shape index (κ3) is 2.29. The molecule has 15 heavy (non-hydrogen) atoms. The molecule has 1 aromatic rings. The Morgan fingerprint density at radius 1 is 1.53 bits per heavy atom. The standard InChI is InChI=1S/C8H12F3N3O/c1-14-3-2-13-6(14)4-7(15,5-12)8(9,10)11/h2-3,15H,4-5,12H2,1H3. The third-order valence-electron chi connectivity index (χ3n) is 2.24. The second-order valence-corrected chi connectivity index (χ2v) is 3.36. The van der Waals surface area contributed by atoms with Gasteiger partial charge in [-0.2, -0.15) is 13.2 Å². The Hall–Kier alpha value is -1.08. The van der Waals surface area contributed by atoms with Crippen molar-refractivity contribution < 1.29 is 18.3 Å². The first kappa shape index (κ1) is 12.0. The van der Waals surface area contributed by atoms with Crippen LogP contribution in [0.2, 0.25) is 0 Å². The Morgan fingerprint density at radius 3 is 2.47 bits per heavy atom. The van der Waals surface area contributed by atoms with Gasteiger partial charge in [0.05, 0.1) is 0 Å². The van der Waals surface area contributed by atoms with Crippen molar-refractivity contribution in [2.75, 3.05) is 6.54 Å². The topological polar surface area (TPSA) is 64.1 Å². The Balaban J connectivity index is 2.92. The summed E-state index contributed by atoms with van der Waals surface area (Å²) >= 11 is 0. The Kier molecular flexibility index (Phi) is 3.05. The van der Waals surface area contributed by atoms with E-state index >= 15 is 0 Å². The summed E-state index contributed by atoms with van der Waals surface area (Å²) in [7, 11) is 1.55. The molecule has 0 saturated heterocycles. The predicted octanol–water partition coefficient (Wildman–Crippen LogP) is 0.215. The normalized spacial score (nSPS) is 16.4. The number of halogens is 3. The Morgan fingerprint density at radius 2 is 2.13 bits per heavy atom. The fraction of sp³-hybridized carbons (Fsp3) is 0.625. The van der Waals surface area contributed by atoms with Gasteiger partial charge in [0.1, 0.15) is 5.82 Å². The van der Waals surface area contributed by atoms with E-state index in [4.69, 9.17) is 5.73 Å². The number of alkyl halides is 3. The van der Waals surface area contributed by atoms with Crippen molar-refractivity contribution in [3.8, 4) is 0 Å². The SMILES string of the molecule is Cn1ccnc1CC(O)(CN)C(F)(F)F. The van der Waals surface area contributed by atoms with Crippen LogP contribution in [0.1, 0.15) is 5.82 Å². The summed E-state index contributed by atoms with van der Waals surface area (Å²) in [5.41, 5.74) is 2.04. The van der Waals surface area contributed by atoms with Crippen molar-refractivity contribution in [1.29, 1.82) is 0 Å². The third-order valence-corrected chi connectivity index (χ3v) is 2.24. The quantitative estimate of drug-likeness (QED) is 0.770. The van der Waals surface area contributed by atoms with Crippen LogP contribution < -0.4 is 5.73 Å². The molecule has 0 saturated carbocycles. The minimum Gasteiger partial charge on any atom is -0.379 e. The van der Waals surface area contributed by atoms with Gasteiger partial charge in [-0.15, -0.1) is 0 Å². The largest absolute Gasteiger partial charge is 0.418 e. The molecule has 1 rings (SSSR count). The molecule has 0 fully saturated rings. The van der Waals surface area contributed by atoms with E-state index < -0.39 is 24.7 Å².